The maximum Gasteiger partial charge on any atom is 0.238 e. The van der Waals surface area contributed by atoms with Gasteiger partial charge in [-0.15, -0.1) is 0 Å². The molecule has 24 heavy (non-hydrogen) atoms. The summed E-state index contributed by atoms with van der Waals surface area (Å²) in [6, 6.07) is 9.57. The van der Waals surface area contributed by atoms with Crippen molar-refractivity contribution >= 4 is 5.91 Å². The molecule has 1 aliphatic rings. The SMILES string of the molecule is COc1ccccc1C1CC(C(=O)NCc2cc(C)nn2C)NN1. The monoisotopic (exact) mass is 329 g/mol. The molecular formula is C17H23N5O2. The van der Waals surface area contributed by atoms with Gasteiger partial charge >= 0.3 is 0 Å². The normalized spacial score (nSPS) is 20.1. The molecule has 2 unspecified atom stereocenters. The van der Waals surface area contributed by atoms with Crippen LogP contribution in [0.4, 0.5) is 0 Å². The summed E-state index contributed by atoms with van der Waals surface area (Å²) in [6.07, 6.45) is 0.663. The van der Waals surface area contributed by atoms with Gasteiger partial charge in [0.05, 0.1) is 31.1 Å². The predicted octanol–water partition coefficient (Wildman–Crippen LogP) is 0.961. The van der Waals surface area contributed by atoms with E-state index in [4.69, 9.17) is 4.74 Å². The first-order valence-electron chi connectivity index (χ1n) is 7.99. The Morgan fingerprint density at radius 1 is 1.42 bits per heavy atom. The Balaban J connectivity index is 1.59. The average molecular weight is 329 g/mol. The molecule has 7 heteroatoms. The molecule has 3 N–H and O–H groups in total. The van der Waals surface area contributed by atoms with Crippen LogP contribution in [0, 0.1) is 6.92 Å². The zero-order chi connectivity index (χ0) is 17.1. The van der Waals surface area contributed by atoms with Crippen LogP contribution in [-0.4, -0.2) is 28.8 Å². The molecule has 2 aromatic rings. The van der Waals surface area contributed by atoms with Crippen molar-refractivity contribution < 1.29 is 9.53 Å². The largest absolute Gasteiger partial charge is 0.496 e. The van der Waals surface area contributed by atoms with Gasteiger partial charge < -0.3 is 10.1 Å². The molecule has 7 nitrogen and oxygen atoms in total. The van der Waals surface area contributed by atoms with Crippen molar-refractivity contribution in [1.29, 1.82) is 0 Å². The van der Waals surface area contributed by atoms with E-state index in [2.05, 4.69) is 21.3 Å². The lowest BCUT2D eigenvalue weighted by Crippen LogP contribution is -2.43. The molecule has 0 spiro atoms. The number of rotatable bonds is 5. The Bertz CT molecular complexity index is 728. The van der Waals surface area contributed by atoms with Crippen molar-refractivity contribution in [2.45, 2.75) is 32.0 Å². The van der Waals surface area contributed by atoms with Gasteiger partial charge in [-0.05, 0) is 25.5 Å². The Labute approximate surface area is 141 Å². The Kier molecular flexibility index (Phi) is 4.82. The minimum absolute atomic E-state index is 0.0289. The van der Waals surface area contributed by atoms with Gasteiger partial charge in [0.25, 0.3) is 0 Å². The lowest BCUT2D eigenvalue weighted by Gasteiger charge is -2.14. The van der Waals surface area contributed by atoms with Gasteiger partial charge in [-0.1, -0.05) is 18.2 Å². The Morgan fingerprint density at radius 3 is 2.92 bits per heavy atom. The van der Waals surface area contributed by atoms with E-state index in [1.54, 1.807) is 11.8 Å². The molecule has 0 bridgehead atoms. The molecule has 128 valence electrons. The fourth-order valence-electron chi connectivity index (χ4n) is 3.02. The van der Waals surface area contributed by atoms with Crippen LogP contribution in [0.15, 0.2) is 30.3 Å². The van der Waals surface area contributed by atoms with E-state index in [1.807, 2.05) is 44.3 Å². The van der Waals surface area contributed by atoms with E-state index in [0.29, 0.717) is 13.0 Å². The second-order valence-corrected chi connectivity index (χ2v) is 5.99. The Hall–Kier alpha value is -2.38. The smallest absolute Gasteiger partial charge is 0.238 e. The molecule has 1 aromatic carbocycles. The number of amides is 1. The molecule has 2 atom stereocenters. The van der Waals surface area contributed by atoms with Gasteiger partial charge in [0.2, 0.25) is 5.91 Å². The zero-order valence-corrected chi connectivity index (χ0v) is 14.2. The summed E-state index contributed by atoms with van der Waals surface area (Å²) in [5, 5.41) is 7.24. The number of hydrogen-bond acceptors (Lipinski definition) is 5. The molecule has 1 amide bonds. The molecule has 1 saturated heterocycles. The van der Waals surface area contributed by atoms with Gasteiger partial charge in [0, 0.05) is 12.6 Å². The predicted molar refractivity (Wildman–Crippen MR) is 90.2 cm³/mol. The first kappa shape index (κ1) is 16.5. The second kappa shape index (κ2) is 7.02. The lowest BCUT2D eigenvalue weighted by atomic mass is 10.0. The first-order valence-corrected chi connectivity index (χ1v) is 7.99. The number of hydrazine groups is 1. The van der Waals surface area contributed by atoms with Gasteiger partial charge in [0.15, 0.2) is 0 Å². The highest BCUT2D eigenvalue weighted by Gasteiger charge is 2.31. The van der Waals surface area contributed by atoms with E-state index in [-0.39, 0.29) is 18.0 Å². The van der Waals surface area contributed by atoms with Crippen LogP contribution in [0.5, 0.6) is 5.75 Å². The molecular weight excluding hydrogens is 306 g/mol. The van der Waals surface area contributed by atoms with Gasteiger partial charge in [-0.3, -0.25) is 9.48 Å². The number of nitrogens with zero attached hydrogens (tertiary/aromatic N) is 2. The van der Waals surface area contributed by atoms with Crippen molar-refractivity contribution in [3.8, 4) is 5.75 Å². The number of hydrogen-bond donors (Lipinski definition) is 3. The van der Waals surface area contributed by atoms with Crippen molar-refractivity contribution in [3.63, 3.8) is 0 Å². The van der Waals surface area contributed by atoms with Crippen LogP contribution in [-0.2, 0) is 18.4 Å². The molecule has 1 aliphatic heterocycles. The van der Waals surface area contributed by atoms with E-state index in [1.165, 1.54) is 0 Å². The van der Waals surface area contributed by atoms with Crippen LogP contribution >= 0.6 is 0 Å². The highest BCUT2D eigenvalue weighted by atomic mass is 16.5. The van der Waals surface area contributed by atoms with Crippen LogP contribution < -0.4 is 20.9 Å². The third kappa shape index (κ3) is 3.42. The number of nitrogens with one attached hydrogen (secondary N) is 3. The van der Waals surface area contributed by atoms with Crippen molar-refractivity contribution in [2.24, 2.45) is 7.05 Å². The highest BCUT2D eigenvalue weighted by Crippen LogP contribution is 2.29. The summed E-state index contributed by atoms with van der Waals surface area (Å²) in [5.41, 5.74) is 9.23. The number of benzene rings is 1. The second-order valence-electron chi connectivity index (χ2n) is 5.99. The fraction of sp³-hybridized carbons (Fsp3) is 0.412. The Morgan fingerprint density at radius 2 is 2.21 bits per heavy atom. The molecule has 1 aromatic heterocycles. The average Bonchev–Trinajstić information content (AvgIpc) is 3.19. The molecule has 0 saturated carbocycles. The summed E-state index contributed by atoms with van der Waals surface area (Å²) >= 11 is 0. The van der Waals surface area contributed by atoms with Crippen LogP contribution in [0.3, 0.4) is 0 Å². The summed E-state index contributed by atoms with van der Waals surface area (Å²) in [7, 11) is 3.53. The highest BCUT2D eigenvalue weighted by molar-refractivity contribution is 5.82. The minimum atomic E-state index is -0.283. The first-order chi connectivity index (χ1) is 11.6. The molecule has 0 radical (unpaired) electrons. The summed E-state index contributed by atoms with van der Waals surface area (Å²) in [4.78, 5) is 12.4. The molecule has 3 rings (SSSR count). The molecule has 2 heterocycles. The van der Waals surface area contributed by atoms with E-state index < -0.39 is 0 Å². The molecule has 1 fully saturated rings. The number of ether oxygens (including phenoxy) is 1. The van der Waals surface area contributed by atoms with E-state index in [0.717, 1.165) is 22.7 Å². The topological polar surface area (TPSA) is 80.2 Å². The van der Waals surface area contributed by atoms with Crippen molar-refractivity contribution in [1.82, 2.24) is 25.9 Å². The summed E-state index contributed by atoms with van der Waals surface area (Å²) < 4.78 is 7.18. The van der Waals surface area contributed by atoms with E-state index >= 15 is 0 Å². The lowest BCUT2D eigenvalue weighted by molar-refractivity contribution is -0.123. The van der Waals surface area contributed by atoms with Crippen molar-refractivity contribution in [2.75, 3.05) is 7.11 Å². The van der Waals surface area contributed by atoms with Crippen LogP contribution in [0.25, 0.3) is 0 Å². The van der Waals surface area contributed by atoms with Gasteiger partial charge in [-0.25, -0.2) is 10.9 Å². The standard InChI is InChI=1S/C17H23N5O2/c1-11-8-12(22(2)21-11)10-18-17(23)15-9-14(19-20-15)13-6-4-5-7-16(13)24-3/h4-8,14-15,19-20H,9-10H2,1-3H3,(H,18,23). The van der Waals surface area contributed by atoms with E-state index in [9.17, 15) is 4.79 Å². The van der Waals surface area contributed by atoms with Crippen LogP contribution in [0.2, 0.25) is 0 Å². The maximum atomic E-state index is 12.4. The number of carbonyl (C=O) groups is 1. The minimum Gasteiger partial charge on any atom is -0.496 e. The van der Waals surface area contributed by atoms with Crippen molar-refractivity contribution in [3.05, 3.63) is 47.3 Å². The third-order valence-electron chi connectivity index (χ3n) is 4.28. The maximum absolute atomic E-state index is 12.4. The number of carbonyl (C=O) groups excluding carboxylic acids is 1. The quantitative estimate of drug-likeness (QED) is 0.761. The number of aryl methyl sites for hydroxylation is 2. The van der Waals surface area contributed by atoms with Gasteiger partial charge in [0.1, 0.15) is 11.8 Å². The van der Waals surface area contributed by atoms with Crippen LogP contribution in [0.1, 0.15) is 29.4 Å². The number of methoxy groups -OCH3 is 1. The number of aromatic nitrogens is 2. The van der Waals surface area contributed by atoms with Gasteiger partial charge in [-0.2, -0.15) is 5.10 Å². The zero-order valence-electron chi connectivity index (χ0n) is 14.2. The summed E-state index contributed by atoms with van der Waals surface area (Å²) in [5.74, 6) is 0.793. The number of para-hydroxylation sites is 1. The third-order valence-corrected chi connectivity index (χ3v) is 4.28. The fourth-order valence-corrected chi connectivity index (χ4v) is 3.02. The summed E-state index contributed by atoms with van der Waals surface area (Å²) in [6.45, 7) is 2.40. The molecule has 0 aliphatic carbocycles.